The zero-order valence-corrected chi connectivity index (χ0v) is 22.0. The fraction of sp³-hybridized carbons (Fsp3) is 0.241. The van der Waals surface area contributed by atoms with Crippen LogP contribution in [0, 0.1) is 0 Å². The van der Waals surface area contributed by atoms with Crippen LogP contribution in [0.25, 0.3) is 10.9 Å². The third-order valence-electron chi connectivity index (χ3n) is 6.92. The van der Waals surface area contributed by atoms with Gasteiger partial charge in [-0.3, -0.25) is 23.5 Å². The molecule has 7 nitrogen and oxygen atoms in total. The average Bonchev–Trinajstić information content (AvgIpc) is 3.44. The molecule has 194 valence electrons. The van der Waals surface area contributed by atoms with Crippen molar-refractivity contribution < 1.29 is 9.59 Å². The molecular formula is C29H25Cl2N3O4. The van der Waals surface area contributed by atoms with E-state index in [0.29, 0.717) is 32.6 Å². The second-order valence-electron chi connectivity index (χ2n) is 9.48. The summed E-state index contributed by atoms with van der Waals surface area (Å²) in [4.78, 5) is 52.4. The highest BCUT2D eigenvalue weighted by molar-refractivity contribution is 6.42. The van der Waals surface area contributed by atoms with Gasteiger partial charge in [0, 0.05) is 17.2 Å². The van der Waals surface area contributed by atoms with Gasteiger partial charge in [-0.05, 0) is 60.9 Å². The maximum Gasteiger partial charge on any atom is 0.332 e. The highest BCUT2D eigenvalue weighted by Gasteiger charge is 2.19. The Morgan fingerprint density at radius 1 is 0.842 bits per heavy atom. The van der Waals surface area contributed by atoms with Crippen LogP contribution >= 0.6 is 23.2 Å². The zero-order chi connectivity index (χ0) is 26.8. The molecule has 1 heterocycles. The number of nitrogens with zero attached hydrogens (tertiary/aromatic N) is 2. The molecule has 0 radical (unpaired) electrons. The van der Waals surface area contributed by atoms with Crippen LogP contribution in [0.15, 0.2) is 76.3 Å². The Balaban J connectivity index is 1.45. The number of para-hydroxylation sites is 1. The first-order valence-corrected chi connectivity index (χ1v) is 13.2. The molecule has 38 heavy (non-hydrogen) atoms. The first kappa shape index (κ1) is 25.9. The van der Waals surface area contributed by atoms with Gasteiger partial charge in [-0.2, -0.15) is 0 Å². The molecule has 0 atom stereocenters. The molecule has 1 saturated carbocycles. The smallest absolute Gasteiger partial charge is 0.332 e. The van der Waals surface area contributed by atoms with Crippen LogP contribution in [0.3, 0.4) is 0 Å². The third kappa shape index (κ3) is 5.30. The number of hydrogen-bond donors (Lipinski definition) is 1. The number of fused-ring (bicyclic) bond motifs is 1. The quantitative estimate of drug-likeness (QED) is 0.326. The largest absolute Gasteiger partial charge is 0.349 e. The number of rotatable bonds is 7. The van der Waals surface area contributed by atoms with E-state index in [1.54, 1.807) is 54.6 Å². The van der Waals surface area contributed by atoms with Crippen molar-refractivity contribution in [2.24, 2.45) is 0 Å². The second kappa shape index (κ2) is 11.0. The molecule has 0 bridgehead atoms. The highest BCUT2D eigenvalue weighted by atomic mass is 35.5. The number of Topliss-reactive ketones (excluding diaryl/α,β-unsaturated/α-hetero) is 1. The lowest BCUT2D eigenvalue weighted by molar-refractivity contribution is 0.0936. The first-order chi connectivity index (χ1) is 18.3. The van der Waals surface area contributed by atoms with Crippen LogP contribution in [0.2, 0.25) is 10.0 Å². The zero-order valence-electron chi connectivity index (χ0n) is 20.5. The lowest BCUT2D eigenvalue weighted by Crippen LogP contribution is -2.41. The summed E-state index contributed by atoms with van der Waals surface area (Å²) < 4.78 is 2.41. The minimum atomic E-state index is -0.606. The molecule has 0 spiro atoms. The molecule has 4 aromatic rings. The lowest BCUT2D eigenvalue weighted by atomic mass is 10.1. The predicted octanol–water partition coefficient (Wildman–Crippen LogP) is 5.07. The molecular weight excluding hydrogens is 525 g/mol. The molecule has 1 aliphatic carbocycles. The van der Waals surface area contributed by atoms with E-state index in [-0.39, 0.29) is 35.8 Å². The molecule has 9 heteroatoms. The molecule has 3 aromatic carbocycles. The number of hydrogen-bond acceptors (Lipinski definition) is 4. The van der Waals surface area contributed by atoms with Crippen LogP contribution < -0.4 is 16.6 Å². The Labute approximate surface area is 228 Å². The van der Waals surface area contributed by atoms with Gasteiger partial charge in [0.25, 0.3) is 11.5 Å². The van der Waals surface area contributed by atoms with Crippen molar-refractivity contribution in [2.75, 3.05) is 0 Å². The molecule has 0 unspecified atom stereocenters. The van der Waals surface area contributed by atoms with E-state index in [0.717, 1.165) is 30.3 Å². The molecule has 1 fully saturated rings. The van der Waals surface area contributed by atoms with E-state index in [4.69, 9.17) is 23.2 Å². The number of benzene rings is 3. The minimum absolute atomic E-state index is 0.00596. The number of amides is 1. The summed E-state index contributed by atoms with van der Waals surface area (Å²) in [5.41, 5.74) is 0.818. The normalized spacial score (nSPS) is 13.6. The van der Waals surface area contributed by atoms with E-state index < -0.39 is 11.2 Å². The number of halogens is 2. The van der Waals surface area contributed by atoms with Crippen molar-refractivity contribution in [3.63, 3.8) is 0 Å². The monoisotopic (exact) mass is 549 g/mol. The third-order valence-corrected chi connectivity index (χ3v) is 7.66. The Hall–Kier alpha value is -3.68. The predicted molar refractivity (Wildman–Crippen MR) is 149 cm³/mol. The van der Waals surface area contributed by atoms with Crippen molar-refractivity contribution in [3.8, 4) is 0 Å². The van der Waals surface area contributed by atoms with Crippen LogP contribution in [0.5, 0.6) is 0 Å². The van der Waals surface area contributed by atoms with Crippen LogP contribution in [-0.2, 0) is 13.1 Å². The molecule has 1 amide bonds. The van der Waals surface area contributed by atoms with Gasteiger partial charge in [-0.25, -0.2) is 4.79 Å². The summed E-state index contributed by atoms with van der Waals surface area (Å²) in [7, 11) is 0. The van der Waals surface area contributed by atoms with E-state index in [1.165, 1.54) is 16.7 Å². The molecule has 0 saturated heterocycles. The lowest BCUT2D eigenvalue weighted by Gasteiger charge is -2.15. The van der Waals surface area contributed by atoms with Crippen molar-refractivity contribution in [2.45, 2.75) is 44.8 Å². The maximum absolute atomic E-state index is 13.5. The van der Waals surface area contributed by atoms with Gasteiger partial charge in [-0.1, -0.05) is 60.3 Å². The number of ketones is 1. The average molecular weight is 550 g/mol. The standard InChI is InChI=1S/C29H25Cl2N3O4/c30-23-14-13-20(15-24(23)31)26(35)17-33-25-8-4-3-7-22(25)28(37)34(29(33)38)16-18-9-11-19(12-10-18)27(36)32-21-5-1-2-6-21/h3-4,7-15,21H,1-2,5-6,16-17H2,(H,32,36). The number of carbonyl (C=O) groups is 2. The van der Waals surface area contributed by atoms with E-state index >= 15 is 0 Å². The van der Waals surface area contributed by atoms with E-state index in [1.807, 2.05) is 0 Å². The summed E-state index contributed by atoms with van der Waals surface area (Å²) in [6.07, 6.45) is 4.24. The van der Waals surface area contributed by atoms with Gasteiger partial charge in [0.1, 0.15) is 0 Å². The molecule has 5 rings (SSSR count). The van der Waals surface area contributed by atoms with E-state index in [2.05, 4.69) is 5.32 Å². The van der Waals surface area contributed by atoms with Gasteiger partial charge in [-0.15, -0.1) is 0 Å². The van der Waals surface area contributed by atoms with Crippen LogP contribution in [-0.4, -0.2) is 26.9 Å². The fourth-order valence-electron chi connectivity index (χ4n) is 4.85. The van der Waals surface area contributed by atoms with Gasteiger partial charge < -0.3 is 5.32 Å². The molecule has 1 aromatic heterocycles. The Morgan fingerprint density at radius 2 is 1.53 bits per heavy atom. The number of aromatic nitrogens is 2. The van der Waals surface area contributed by atoms with Gasteiger partial charge in [0.05, 0.1) is 34.0 Å². The first-order valence-electron chi connectivity index (χ1n) is 12.4. The van der Waals surface area contributed by atoms with E-state index in [9.17, 15) is 19.2 Å². The van der Waals surface area contributed by atoms with Crippen molar-refractivity contribution in [1.82, 2.24) is 14.5 Å². The summed E-state index contributed by atoms with van der Waals surface area (Å²) in [6, 6.07) is 18.3. The van der Waals surface area contributed by atoms with Gasteiger partial charge in [0.15, 0.2) is 5.78 Å². The molecule has 1 aliphatic rings. The summed E-state index contributed by atoms with van der Waals surface area (Å²) in [6.45, 7) is -0.286. The van der Waals surface area contributed by atoms with Gasteiger partial charge in [0.2, 0.25) is 0 Å². The summed E-state index contributed by atoms with van der Waals surface area (Å²) in [5.74, 6) is -0.479. The van der Waals surface area contributed by atoms with Crippen molar-refractivity contribution in [1.29, 1.82) is 0 Å². The minimum Gasteiger partial charge on any atom is -0.349 e. The molecule has 0 aliphatic heterocycles. The van der Waals surface area contributed by atoms with Crippen LogP contribution in [0.4, 0.5) is 0 Å². The number of carbonyl (C=O) groups excluding carboxylic acids is 2. The second-order valence-corrected chi connectivity index (χ2v) is 10.3. The van der Waals surface area contributed by atoms with Crippen molar-refractivity contribution in [3.05, 3.63) is 114 Å². The summed E-state index contributed by atoms with van der Waals surface area (Å²) in [5, 5.41) is 3.93. The Kier molecular flexibility index (Phi) is 7.49. The SMILES string of the molecule is O=C(Cn1c(=O)n(Cc2ccc(C(=O)NC3CCCC3)cc2)c(=O)c2ccccc21)c1ccc(Cl)c(Cl)c1. The Morgan fingerprint density at radius 3 is 2.24 bits per heavy atom. The number of nitrogens with one attached hydrogen (secondary N) is 1. The Bertz CT molecular complexity index is 1650. The maximum atomic E-state index is 13.5. The molecule has 1 N–H and O–H groups in total. The summed E-state index contributed by atoms with van der Waals surface area (Å²) >= 11 is 12.0. The van der Waals surface area contributed by atoms with Crippen LogP contribution in [0.1, 0.15) is 52.0 Å². The highest BCUT2D eigenvalue weighted by Crippen LogP contribution is 2.23. The van der Waals surface area contributed by atoms with Gasteiger partial charge >= 0.3 is 5.69 Å². The van der Waals surface area contributed by atoms with Crippen molar-refractivity contribution >= 4 is 45.8 Å². The topological polar surface area (TPSA) is 90.2 Å². The fourth-order valence-corrected chi connectivity index (χ4v) is 5.15.